The van der Waals surface area contributed by atoms with E-state index in [1.54, 1.807) is 28.1 Å². The molecular formula is C17H21N5O5S. The van der Waals surface area contributed by atoms with Crippen LogP contribution in [0.15, 0.2) is 40.0 Å². The molecule has 2 amide bonds. The molecule has 150 valence electrons. The summed E-state index contributed by atoms with van der Waals surface area (Å²) < 4.78 is 31.6. The maximum Gasteiger partial charge on any atom is 0.284 e. The number of amides is 2. The molecule has 11 heteroatoms. The van der Waals surface area contributed by atoms with Crippen LogP contribution in [0.25, 0.3) is 0 Å². The van der Waals surface area contributed by atoms with E-state index in [-0.39, 0.29) is 42.9 Å². The first-order chi connectivity index (χ1) is 13.2. The number of piperazine rings is 1. The molecule has 10 nitrogen and oxygen atoms in total. The minimum absolute atomic E-state index is 0.117. The van der Waals surface area contributed by atoms with Gasteiger partial charge in [-0.3, -0.25) is 9.59 Å². The topological polar surface area (TPSA) is 130 Å². The number of carbonyl (C=O) groups excluding carboxylic acids is 2. The van der Waals surface area contributed by atoms with E-state index in [1.807, 2.05) is 14.1 Å². The number of nitrogens with zero attached hydrogens (tertiary/aromatic N) is 4. The number of aromatic nitrogens is 1. The van der Waals surface area contributed by atoms with Crippen LogP contribution in [-0.2, 0) is 10.0 Å². The molecule has 2 aromatic heterocycles. The smallest absolute Gasteiger partial charge is 0.284 e. The van der Waals surface area contributed by atoms with E-state index < -0.39 is 15.9 Å². The van der Waals surface area contributed by atoms with Crippen molar-refractivity contribution >= 4 is 27.7 Å². The van der Waals surface area contributed by atoms with Gasteiger partial charge in [-0.25, -0.2) is 13.4 Å². The molecule has 1 saturated heterocycles. The number of hydrogen-bond donors (Lipinski definition) is 1. The van der Waals surface area contributed by atoms with E-state index in [0.717, 1.165) is 0 Å². The molecular weight excluding hydrogens is 386 g/mol. The summed E-state index contributed by atoms with van der Waals surface area (Å²) in [6, 6.07) is 5.75. The van der Waals surface area contributed by atoms with Crippen LogP contribution in [0.4, 0.5) is 5.82 Å². The minimum atomic E-state index is -3.90. The number of furan rings is 1. The van der Waals surface area contributed by atoms with Gasteiger partial charge in [0.2, 0.25) is 5.09 Å². The summed E-state index contributed by atoms with van der Waals surface area (Å²) in [5, 5.41) is -0.342. The highest BCUT2D eigenvalue weighted by Crippen LogP contribution is 2.21. The number of carbonyl (C=O) groups is 2. The Morgan fingerprint density at radius 2 is 1.82 bits per heavy atom. The maximum absolute atomic E-state index is 12.7. The van der Waals surface area contributed by atoms with Crippen molar-refractivity contribution in [2.75, 3.05) is 45.2 Å². The van der Waals surface area contributed by atoms with Crippen LogP contribution in [-0.4, -0.2) is 74.7 Å². The number of nitrogens with two attached hydrogens (primary N) is 1. The fourth-order valence-corrected chi connectivity index (χ4v) is 4.16. The Labute approximate surface area is 162 Å². The Balaban J connectivity index is 1.69. The van der Waals surface area contributed by atoms with Crippen LogP contribution in [0.2, 0.25) is 0 Å². The lowest BCUT2D eigenvalue weighted by molar-refractivity contribution is 0.0696. The van der Waals surface area contributed by atoms with E-state index in [9.17, 15) is 18.0 Å². The van der Waals surface area contributed by atoms with Crippen molar-refractivity contribution in [1.29, 1.82) is 0 Å². The van der Waals surface area contributed by atoms with Crippen molar-refractivity contribution in [2.45, 2.75) is 5.09 Å². The first-order valence-corrected chi connectivity index (χ1v) is 9.96. The summed E-state index contributed by atoms with van der Waals surface area (Å²) in [6.45, 7) is 0.709. The zero-order valence-electron chi connectivity index (χ0n) is 15.5. The molecule has 2 N–H and O–H groups in total. The summed E-state index contributed by atoms with van der Waals surface area (Å²) in [6.07, 6.45) is 1.57. The SMILES string of the molecule is CN(C)c1cc(C(=O)N2CCN(S(=O)(=O)c3ccc(C(N)=O)o3)CC2)ccn1. The Morgan fingerprint density at radius 1 is 1.14 bits per heavy atom. The predicted molar refractivity (Wildman–Crippen MR) is 100 cm³/mol. The Bertz CT molecular complexity index is 993. The molecule has 1 aliphatic rings. The molecule has 0 aliphatic carbocycles. The van der Waals surface area contributed by atoms with Crippen LogP contribution in [0, 0.1) is 0 Å². The van der Waals surface area contributed by atoms with Crippen LogP contribution in [0.3, 0.4) is 0 Å². The molecule has 1 aliphatic heterocycles. The van der Waals surface area contributed by atoms with E-state index in [4.69, 9.17) is 10.2 Å². The van der Waals surface area contributed by atoms with Crippen LogP contribution >= 0.6 is 0 Å². The highest BCUT2D eigenvalue weighted by atomic mass is 32.2. The normalized spacial score (nSPS) is 15.4. The Morgan fingerprint density at radius 3 is 2.39 bits per heavy atom. The van der Waals surface area contributed by atoms with Crippen molar-refractivity contribution in [1.82, 2.24) is 14.2 Å². The van der Waals surface area contributed by atoms with Crippen molar-refractivity contribution in [3.8, 4) is 0 Å². The van der Waals surface area contributed by atoms with Gasteiger partial charge in [-0.2, -0.15) is 4.31 Å². The molecule has 0 aromatic carbocycles. The number of sulfonamides is 1. The van der Waals surface area contributed by atoms with Gasteiger partial charge in [-0.15, -0.1) is 0 Å². The first-order valence-electron chi connectivity index (χ1n) is 8.52. The van der Waals surface area contributed by atoms with Gasteiger partial charge in [-0.1, -0.05) is 0 Å². The lowest BCUT2D eigenvalue weighted by Crippen LogP contribution is -2.50. The van der Waals surface area contributed by atoms with Crippen molar-refractivity contribution in [3.63, 3.8) is 0 Å². The fraction of sp³-hybridized carbons (Fsp3) is 0.353. The van der Waals surface area contributed by atoms with Gasteiger partial charge in [0.15, 0.2) is 5.76 Å². The molecule has 0 radical (unpaired) electrons. The summed E-state index contributed by atoms with van der Waals surface area (Å²) in [4.78, 5) is 31.4. The molecule has 0 spiro atoms. The standard InChI is InChI=1S/C17H21N5O5S/c1-20(2)14-11-12(5-6-19-14)17(24)21-7-9-22(10-8-21)28(25,26)15-4-3-13(27-15)16(18)23/h3-6,11H,7-10H2,1-2H3,(H2,18,23). The van der Waals surface area contributed by atoms with Gasteiger partial charge in [0, 0.05) is 52.0 Å². The van der Waals surface area contributed by atoms with Gasteiger partial charge in [-0.05, 0) is 24.3 Å². The number of hydrogen-bond acceptors (Lipinski definition) is 7. The van der Waals surface area contributed by atoms with Gasteiger partial charge >= 0.3 is 0 Å². The summed E-state index contributed by atoms with van der Waals surface area (Å²) in [5.41, 5.74) is 5.58. The van der Waals surface area contributed by atoms with E-state index in [0.29, 0.717) is 11.4 Å². The molecule has 3 heterocycles. The van der Waals surface area contributed by atoms with Crippen LogP contribution in [0.1, 0.15) is 20.9 Å². The average molecular weight is 407 g/mol. The second-order valence-electron chi connectivity index (χ2n) is 6.48. The van der Waals surface area contributed by atoms with Gasteiger partial charge in [0.05, 0.1) is 0 Å². The highest BCUT2D eigenvalue weighted by Gasteiger charge is 2.33. The van der Waals surface area contributed by atoms with Crippen molar-refractivity contribution in [3.05, 3.63) is 41.8 Å². The number of anilines is 1. The second-order valence-corrected chi connectivity index (χ2v) is 8.35. The fourth-order valence-electron chi connectivity index (χ4n) is 2.83. The zero-order chi connectivity index (χ0) is 20.5. The molecule has 28 heavy (non-hydrogen) atoms. The Kier molecular flexibility index (Phi) is 5.38. The minimum Gasteiger partial charge on any atom is -0.438 e. The maximum atomic E-state index is 12.7. The monoisotopic (exact) mass is 407 g/mol. The third-order valence-electron chi connectivity index (χ3n) is 4.39. The number of pyridine rings is 1. The number of primary amides is 1. The zero-order valence-corrected chi connectivity index (χ0v) is 16.3. The number of rotatable bonds is 5. The molecule has 0 saturated carbocycles. The van der Waals surface area contributed by atoms with Gasteiger partial charge in [0.25, 0.3) is 21.8 Å². The molecule has 0 unspecified atom stereocenters. The quantitative estimate of drug-likeness (QED) is 0.737. The lowest BCUT2D eigenvalue weighted by atomic mass is 10.2. The molecule has 0 bridgehead atoms. The highest BCUT2D eigenvalue weighted by molar-refractivity contribution is 7.89. The Hall–Kier alpha value is -2.92. The predicted octanol–water partition coefficient (Wildman–Crippen LogP) is -0.0138. The third kappa shape index (κ3) is 3.85. The summed E-state index contributed by atoms with van der Waals surface area (Å²) in [7, 11) is -0.238. The molecule has 0 atom stereocenters. The molecule has 1 fully saturated rings. The van der Waals surface area contributed by atoms with Gasteiger partial charge in [0.1, 0.15) is 5.82 Å². The van der Waals surface area contributed by atoms with Crippen LogP contribution < -0.4 is 10.6 Å². The largest absolute Gasteiger partial charge is 0.438 e. The third-order valence-corrected chi connectivity index (χ3v) is 6.17. The summed E-state index contributed by atoms with van der Waals surface area (Å²) >= 11 is 0. The van der Waals surface area contributed by atoms with E-state index in [2.05, 4.69) is 4.98 Å². The molecule has 2 aromatic rings. The van der Waals surface area contributed by atoms with E-state index >= 15 is 0 Å². The lowest BCUT2D eigenvalue weighted by Gasteiger charge is -2.33. The van der Waals surface area contributed by atoms with Crippen molar-refractivity contribution in [2.24, 2.45) is 5.73 Å². The van der Waals surface area contributed by atoms with Crippen molar-refractivity contribution < 1.29 is 22.4 Å². The van der Waals surface area contributed by atoms with Crippen LogP contribution in [0.5, 0.6) is 0 Å². The second kappa shape index (κ2) is 7.60. The average Bonchev–Trinajstić information content (AvgIpc) is 3.19. The van der Waals surface area contributed by atoms with E-state index in [1.165, 1.54) is 16.4 Å². The van der Waals surface area contributed by atoms with Gasteiger partial charge < -0.3 is 20.0 Å². The first kappa shape index (κ1) is 19.8. The molecule has 3 rings (SSSR count). The summed E-state index contributed by atoms with van der Waals surface area (Å²) in [5.74, 6) is -0.584.